The van der Waals surface area contributed by atoms with Gasteiger partial charge in [-0.3, -0.25) is 4.79 Å². The first-order valence-electron chi connectivity index (χ1n) is 14.9. The third-order valence-electron chi connectivity index (χ3n) is 6.10. The molecule has 0 atom stereocenters. The van der Waals surface area contributed by atoms with Crippen LogP contribution < -0.4 is 11.5 Å². The van der Waals surface area contributed by atoms with E-state index in [4.69, 9.17) is 31.3 Å². The minimum absolute atomic E-state index is 0.289. The van der Waals surface area contributed by atoms with Gasteiger partial charge in [-0.2, -0.15) is 26.3 Å². The lowest BCUT2D eigenvalue weighted by molar-refractivity contribution is -0.193. The molecule has 0 saturated heterocycles. The van der Waals surface area contributed by atoms with Crippen LogP contribution in [0.15, 0.2) is 0 Å². The van der Waals surface area contributed by atoms with E-state index in [1.807, 2.05) is 4.90 Å². The first-order chi connectivity index (χ1) is 19.6. The van der Waals surface area contributed by atoms with Gasteiger partial charge in [0.2, 0.25) is 5.91 Å². The van der Waals surface area contributed by atoms with E-state index < -0.39 is 24.3 Å². The number of carboxylic acid groups (broad SMARTS) is 2. The zero-order valence-electron chi connectivity index (χ0n) is 25.0. The third kappa shape index (κ3) is 34.1. The standard InChI is InChI=1S/C24H51N3O.2C2HF3O2/c1-2-3-4-5-6-7-8-9-10-11-12-13-14-15-16-19-24(28)27(22-17-20-25)23-18-21-26;2*3-2(4,5)1(6)7/h2-23,25-26H2,1H3;2*(H,6,7). The molecule has 1 amide bonds. The van der Waals surface area contributed by atoms with Crippen molar-refractivity contribution in [2.45, 2.75) is 135 Å². The fraction of sp³-hybridized carbons (Fsp3) is 0.893. The summed E-state index contributed by atoms with van der Waals surface area (Å²) in [5.41, 5.74) is 11.2. The van der Waals surface area contributed by atoms with E-state index in [-0.39, 0.29) is 5.91 Å². The number of hydrogen-bond acceptors (Lipinski definition) is 5. The van der Waals surface area contributed by atoms with Gasteiger partial charge < -0.3 is 26.6 Å². The van der Waals surface area contributed by atoms with Crippen LogP contribution in [-0.2, 0) is 14.4 Å². The van der Waals surface area contributed by atoms with E-state index in [9.17, 15) is 31.1 Å². The number of alkyl halides is 6. The summed E-state index contributed by atoms with van der Waals surface area (Å²) >= 11 is 0. The van der Waals surface area contributed by atoms with Gasteiger partial charge in [0.15, 0.2) is 0 Å². The highest BCUT2D eigenvalue weighted by Crippen LogP contribution is 2.15. The highest BCUT2D eigenvalue weighted by atomic mass is 19.4. The summed E-state index contributed by atoms with van der Waals surface area (Å²) in [6, 6.07) is 0. The lowest BCUT2D eigenvalue weighted by Crippen LogP contribution is -2.34. The number of nitrogens with two attached hydrogens (primary N) is 2. The number of carbonyl (C=O) groups excluding carboxylic acids is 1. The van der Waals surface area contributed by atoms with Crippen LogP contribution in [0.25, 0.3) is 0 Å². The number of amides is 1. The molecule has 0 aromatic carbocycles. The summed E-state index contributed by atoms with van der Waals surface area (Å²) < 4.78 is 63.5. The molecule has 0 spiro atoms. The molecule has 0 aromatic rings. The van der Waals surface area contributed by atoms with Gasteiger partial charge in [-0.1, -0.05) is 96.8 Å². The van der Waals surface area contributed by atoms with Gasteiger partial charge in [-0.05, 0) is 32.4 Å². The van der Waals surface area contributed by atoms with Crippen molar-refractivity contribution in [3.8, 4) is 0 Å². The molecular weight excluding hydrogens is 572 g/mol. The zero-order valence-corrected chi connectivity index (χ0v) is 25.0. The normalized spacial score (nSPS) is 11.2. The molecule has 0 unspecified atom stereocenters. The molecule has 0 fully saturated rings. The second kappa shape index (κ2) is 29.0. The van der Waals surface area contributed by atoms with Gasteiger partial charge in [0.25, 0.3) is 0 Å². The van der Waals surface area contributed by atoms with Gasteiger partial charge in [0.1, 0.15) is 0 Å². The van der Waals surface area contributed by atoms with E-state index in [0.717, 1.165) is 32.4 Å². The fourth-order valence-corrected chi connectivity index (χ4v) is 3.73. The average molecular weight is 626 g/mol. The summed E-state index contributed by atoms with van der Waals surface area (Å²) in [4.78, 5) is 32.1. The number of nitrogens with zero attached hydrogens (tertiary/aromatic N) is 1. The van der Waals surface area contributed by atoms with Crippen LogP contribution in [0, 0.1) is 0 Å². The third-order valence-corrected chi connectivity index (χ3v) is 6.10. The highest BCUT2D eigenvalue weighted by Gasteiger charge is 2.38. The molecule has 0 aliphatic rings. The van der Waals surface area contributed by atoms with Crippen molar-refractivity contribution in [1.29, 1.82) is 0 Å². The molecule has 0 aliphatic carbocycles. The molecule has 0 aliphatic heterocycles. The second-order valence-electron chi connectivity index (χ2n) is 9.97. The topological polar surface area (TPSA) is 147 Å². The van der Waals surface area contributed by atoms with Crippen LogP contribution in [0.3, 0.4) is 0 Å². The van der Waals surface area contributed by atoms with E-state index in [0.29, 0.717) is 19.5 Å². The maximum Gasteiger partial charge on any atom is 0.490 e. The molecule has 0 heterocycles. The largest absolute Gasteiger partial charge is 0.490 e. The Morgan fingerprint density at radius 3 is 1.05 bits per heavy atom. The van der Waals surface area contributed by atoms with Crippen molar-refractivity contribution in [3.63, 3.8) is 0 Å². The Bertz CT molecular complexity index is 633. The van der Waals surface area contributed by atoms with Crippen molar-refractivity contribution in [1.82, 2.24) is 4.90 Å². The number of unbranched alkanes of at least 4 members (excludes halogenated alkanes) is 14. The molecule has 14 heteroatoms. The molecule has 8 nitrogen and oxygen atoms in total. The van der Waals surface area contributed by atoms with Gasteiger partial charge in [0.05, 0.1) is 0 Å². The lowest BCUT2D eigenvalue weighted by atomic mass is 10.0. The molecule has 0 radical (unpaired) electrons. The Morgan fingerprint density at radius 1 is 0.548 bits per heavy atom. The second-order valence-corrected chi connectivity index (χ2v) is 9.97. The van der Waals surface area contributed by atoms with Crippen molar-refractivity contribution >= 4 is 17.8 Å². The number of carbonyl (C=O) groups is 3. The van der Waals surface area contributed by atoms with Crippen LogP contribution in [0.4, 0.5) is 26.3 Å². The maximum absolute atomic E-state index is 12.3. The van der Waals surface area contributed by atoms with Gasteiger partial charge >= 0.3 is 24.3 Å². The quantitative estimate of drug-likeness (QED) is 0.0745. The lowest BCUT2D eigenvalue weighted by Gasteiger charge is -2.22. The van der Waals surface area contributed by atoms with Crippen LogP contribution in [0.1, 0.15) is 122 Å². The predicted molar refractivity (Wildman–Crippen MR) is 151 cm³/mol. The van der Waals surface area contributed by atoms with Gasteiger partial charge in [0, 0.05) is 19.5 Å². The number of carboxylic acids is 2. The molecule has 0 saturated carbocycles. The SMILES string of the molecule is CCCCCCCCCCCCCCCCCC(=O)N(CCCN)CCCN.O=C(O)C(F)(F)F.O=C(O)C(F)(F)F. The first-order valence-corrected chi connectivity index (χ1v) is 14.9. The molecular formula is C28H53F6N3O5. The van der Waals surface area contributed by atoms with Crippen LogP contribution >= 0.6 is 0 Å². The first kappa shape index (κ1) is 44.4. The minimum Gasteiger partial charge on any atom is -0.475 e. The maximum atomic E-state index is 12.3. The number of hydrogen-bond donors (Lipinski definition) is 4. The van der Waals surface area contributed by atoms with Gasteiger partial charge in [-0.15, -0.1) is 0 Å². The Labute approximate surface area is 246 Å². The van der Waals surface area contributed by atoms with Crippen LogP contribution in [0.2, 0.25) is 0 Å². The van der Waals surface area contributed by atoms with E-state index in [2.05, 4.69) is 6.92 Å². The van der Waals surface area contributed by atoms with E-state index in [1.165, 1.54) is 89.9 Å². The van der Waals surface area contributed by atoms with E-state index >= 15 is 0 Å². The number of aliphatic carboxylic acids is 2. The predicted octanol–water partition coefficient (Wildman–Crippen LogP) is 7.04. The van der Waals surface area contributed by atoms with Crippen molar-refractivity contribution in [2.24, 2.45) is 11.5 Å². The zero-order chi connectivity index (χ0) is 32.9. The Balaban J connectivity index is -0.000000886. The van der Waals surface area contributed by atoms with E-state index in [1.54, 1.807) is 0 Å². The molecule has 0 bridgehead atoms. The molecule has 0 aromatic heterocycles. The molecule has 6 N–H and O–H groups in total. The van der Waals surface area contributed by atoms with Crippen molar-refractivity contribution in [3.05, 3.63) is 0 Å². The van der Waals surface area contributed by atoms with Crippen molar-refractivity contribution < 1.29 is 50.9 Å². The Kier molecular flexibility index (Phi) is 30.6. The summed E-state index contributed by atoms with van der Waals surface area (Å²) in [5, 5.41) is 14.2. The van der Waals surface area contributed by atoms with Crippen LogP contribution in [0.5, 0.6) is 0 Å². The fourth-order valence-electron chi connectivity index (χ4n) is 3.73. The average Bonchev–Trinajstić information content (AvgIpc) is 2.90. The molecule has 0 rings (SSSR count). The summed E-state index contributed by atoms with van der Waals surface area (Å²) in [6.07, 6.45) is 12.6. The number of halogens is 6. The summed E-state index contributed by atoms with van der Waals surface area (Å²) in [5.74, 6) is -5.23. The molecule has 252 valence electrons. The summed E-state index contributed by atoms with van der Waals surface area (Å²) in [7, 11) is 0. The number of rotatable bonds is 22. The summed E-state index contributed by atoms with van der Waals surface area (Å²) in [6.45, 7) is 5.14. The Morgan fingerprint density at radius 2 is 0.810 bits per heavy atom. The van der Waals surface area contributed by atoms with Gasteiger partial charge in [-0.25, -0.2) is 9.59 Å². The minimum atomic E-state index is -5.08. The monoisotopic (exact) mass is 625 g/mol. The van der Waals surface area contributed by atoms with Crippen LogP contribution in [-0.4, -0.2) is 71.5 Å². The Hall–Kier alpha value is -2.09. The molecule has 42 heavy (non-hydrogen) atoms. The smallest absolute Gasteiger partial charge is 0.475 e. The highest BCUT2D eigenvalue weighted by molar-refractivity contribution is 5.76. The van der Waals surface area contributed by atoms with Crippen molar-refractivity contribution in [2.75, 3.05) is 26.2 Å².